The maximum absolute atomic E-state index is 11.0. The van der Waals surface area contributed by atoms with Crippen LogP contribution >= 0.6 is 0 Å². The predicted octanol–water partition coefficient (Wildman–Crippen LogP) is 2.25. The number of rotatable bonds is 5. The van der Waals surface area contributed by atoms with Gasteiger partial charge in [-0.25, -0.2) is 14.8 Å². The Morgan fingerprint density at radius 2 is 1.96 bits per heavy atom. The van der Waals surface area contributed by atoms with E-state index in [1.807, 2.05) is 13.0 Å². The van der Waals surface area contributed by atoms with Gasteiger partial charge in [0.05, 0.1) is 4.92 Å². The van der Waals surface area contributed by atoms with Crippen molar-refractivity contribution in [1.29, 1.82) is 0 Å². The first kappa shape index (κ1) is 18.6. The molecule has 1 aliphatic rings. The summed E-state index contributed by atoms with van der Waals surface area (Å²) in [5, 5.41) is 13.6. The number of nitrogens with zero attached hydrogens (tertiary/aromatic N) is 4. The molecule has 0 unspecified atom stereocenters. The standard InChI is InChI=1S/C18H22N6O3/c1-2-13-11-16(23-9-7-14(8-10-23)21-18(19)25)22-17(20-13)12-3-5-15(6-4-12)24(26)27/h3-6,11,14H,2,7-10H2,1H3,(H3,19,21,25). The Morgan fingerprint density at radius 3 is 2.52 bits per heavy atom. The molecule has 1 aliphatic heterocycles. The van der Waals surface area contributed by atoms with Gasteiger partial charge in [-0.05, 0) is 31.4 Å². The van der Waals surface area contributed by atoms with Crippen LogP contribution in [0, 0.1) is 10.1 Å². The zero-order chi connectivity index (χ0) is 19.4. The SMILES string of the molecule is CCc1cc(N2CCC(NC(N)=O)CC2)nc(-c2ccc([N+](=O)[O-])cc2)n1. The Labute approximate surface area is 156 Å². The normalized spacial score (nSPS) is 14.8. The summed E-state index contributed by atoms with van der Waals surface area (Å²) in [4.78, 5) is 32.8. The van der Waals surface area contributed by atoms with Gasteiger partial charge in [0.15, 0.2) is 5.82 Å². The maximum Gasteiger partial charge on any atom is 0.312 e. The Bertz CT molecular complexity index is 831. The molecular weight excluding hydrogens is 348 g/mol. The van der Waals surface area contributed by atoms with Crippen molar-refractivity contribution in [3.63, 3.8) is 0 Å². The van der Waals surface area contributed by atoms with Crippen LogP contribution in [-0.4, -0.2) is 40.1 Å². The predicted molar refractivity (Wildman–Crippen MR) is 101 cm³/mol. The van der Waals surface area contributed by atoms with Gasteiger partial charge in [-0.3, -0.25) is 10.1 Å². The van der Waals surface area contributed by atoms with Crippen molar-refractivity contribution >= 4 is 17.5 Å². The van der Waals surface area contributed by atoms with Gasteiger partial charge >= 0.3 is 6.03 Å². The summed E-state index contributed by atoms with van der Waals surface area (Å²) < 4.78 is 0. The number of primary amides is 1. The van der Waals surface area contributed by atoms with E-state index >= 15 is 0 Å². The van der Waals surface area contributed by atoms with Crippen LogP contribution < -0.4 is 16.0 Å². The van der Waals surface area contributed by atoms with Crippen molar-refractivity contribution in [2.45, 2.75) is 32.2 Å². The van der Waals surface area contributed by atoms with Crippen molar-refractivity contribution < 1.29 is 9.72 Å². The minimum atomic E-state index is -0.496. The molecule has 2 heterocycles. The molecule has 0 atom stereocenters. The molecule has 0 aliphatic carbocycles. The molecule has 2 amide bonds. The van der Waals surface area contributed by atoms with Gasteiger partial charge in [0.2, 0.25) is 0 Å². The first-order valence-corrected chi connectivity index (χ1v) is 8.90. The lowest BCUT2D eigenvalue weighted by Gasteiger charge is -2.33. The Morgan fingerprint density at radius 1 is 1.30 bits per heavy atom. The zero-order valence-corrected chi connectivity index (χ0v) is 15.1. The molecule has 9 nitrogen and oxygen atoms in total. The van der Waals surface area contributed by atoms with E-state index in [9.17, 15) is 14.9 Å². The molecule has 2 aromatic rings. The minimum Gasteiger partial charge on any atom is -0.356 e. The molecule has 0 bridgehead atoms. The number of nitro benzene ring substituents is 1. The first-order valence-electron chi connectivity index (χ1n) is 8.90. The van der Waals surface area contributed by atoms with Gasteiger partial charge in [0.25, 0.3) is 5.69 Å². The molecule has 3 rings (SSSR count). The fraction of sp³-hybridized carbons (Fsp3) is 0.389. The second kappa shape index (κ2) is 7.98. The van der Waals surface area contributed by atoms with Crippen molar-refractivity contribution in [1.82, 2.24) is 15.3 Å². The van der Waals surface area contributed by atoms with Crippen LogP contribution in [0.3, 0.4) is 0 Å². The Kier molecular flexibility index (Phi) is 5.49. The highest BCUT2D eigenvalue weighted by Gasteiger charge is 2.22. The lowest BCUT2D eigenvalue weighted by atomic mass is 10.1. The molecule has 1 aromatic heterocycles. The average molecular weight is 370 g/mol. The highest BCUT2D eigenvalue weighted by atomic mass is 16.6. The number of anilines is 1. The van der Waals surface area contributed by atoms with Crippen molar-refractivity contribution in [2.24, 2.45) is 5.73 Å². The second-order valence-electron chi connectivity index (χ2n) is 6.47. The Hall–Kier alpha value is -3.23. The lowest BCUT2D eigenvalue weighted by molar-refractivity contribution is -0.384. The number of amides is 2. The number of carbonyl (C=O) groups excluding carboxylic acids is 1. The quantitative estimate of drug-likeness (QED) is 0.614. The largest absolute Gasteiger partial charge is 0.356 e. The van der Waals surface area contributed by atoms with Crippen molar-refractivity contribution in [3.05, 3.63) is 46.1 Å². The van der Waals surface area contributed by atoms with Gasteiger partial charge in [0.1, 0.15) is 5.82 Å². The topological polar surface area (TPSA) is 127 Å². The maximum atomic E-state index is 11.0. The molecule has 3 N–H and O–H groups in total. The van der Waals surface area contributed by atoms with Crippen LogP contribution in [0.25, 0.3) is 11.4 Å². The summed E-state index contributed by atoms with van der Waals surface area (Å²) in [5.41, 5.74) is 6.88. The van der Waals surface area contributed by atoms with Gasteiger partial charge in [-0.2, -0.15) is 0 Å². The van der Waals surface area contributed by atoms with Crippen LogP contribution in [0.4, 0.5) is 16.3 Å². The van der Waals surface area contributed by atoms with E-state index in [-0.39, 0.29) is 11.7 Å². The number of benzene rings is 1. The fourth-order valence-electron chi connectivity index (χ4n) is 3.14. The van der Waals surface area contributed by atoms with Crippen LogP contribution in [0.1, 0.15) is 25.5 Å². The molecule has 142 valence electrons. The third-order valence-electron chi connectivity index (χ3n) is 4.63. The summed E-state index contributed by atoms with van der Waals surface area (Å²) in [6.07, 6.45) is 2.34. The molecule has 9 heteroatoms. The van der Waals surface area contributed by atoms with E-state index in [1.54, 1.807) is 12.1 Å². The monoisotopic (exact) mass is 370 g/mol. The highest BCUT2D eigenvalue weighted by Crippen LogP contribution is 2.24. The van der Waals surface area contributed by atoms with Gasteiger partial charge in [-0.15, -0.1) is 0 Å². The third kappa shape index (κ3) is 4.49. The molecule has 0 radical (unpaired) electrons. The number of aryl methyl sites for hydroxylation is 1. The summed E-state index contributed by atoms with van der Waals surface area (Å²) in [7, 11) is 0. The number of hydrogen-bond donors (Lipinski definition) is 2. The Balaban J connectivity index is 1.82. The smallest absolute Gasteiger partial charge is 0.312 e. The number of non-ortho nitro benzene ring substituents is 1. The lowest BCUT2D eigenvalue weighted by Crippen LogP contribution is -2.46. The fourth-order valence-corrected chi connectivity index (χ4v) is 3.14. The van der Waals surface area contributed by atoms with Gasteiger partial charge in [0, 0.05) is 48.6 Å². The summed E-state index contributed by atoms with van der Waals surface area (Å²) >= 11 is 0. The zero-order valence-electron chi connectivity index (χ0n) is 15.1. The van der Waals surface area contributed by atoms with Gasteiger partial charge in [-0.1, -0.05) is 6.92 Å². The molecule has 1 aromatic carbocycles. The summed E-state index contributed by atoms with van der Waals surface area (Å²) in [5.74, 6) is 1.38. The van der Waals surface area contributed by atoms with E-state index in [4.69, 9.17) is 5.73 Å². The number of carbonyl (C=O) groups is 1. The van der Waals surface area contributed by atoms with Crippen molar-refractivity contribution in [2.75, 3.05) is 18.0 Å². The number of hydrogen-bond acceptors (Lipinski definition) is 6. The minimum absolute atomic E-state index is 0.0367. The van der Waals surface area contributed by atoms with Crippen LogP contribution in [0.2, 0.25) is 0 Å². The molecule has 27 heavy (non-hydrogen) atoms. The first-order chi connectivity index (χ1) is 13.0. The van der Waals surface area contributed by atoms with Crippen LogP contribution in [0.15, 0.2) is 30.3 Å². The van der Waals surface area contributed by atoms with E-state index in [1.165, 1.54) is 12.1 Å². The molecule has 1 fully saturated rings. The van der Waals surface area contributed by atoms with Crippen LogP contribution in [0.5, 0.6) is 0 Å². The van der Waals surface area contributed by atoms with Gasteiger partial charge < -0.3 is 16.0 Å². The van der Waals surface area contributed by atoms with E-state index in [2.05, 4.69) is 20.2 Å². The number of urea groups is 1. The number of nitrogens with one attached hydrogen (secondary N) is 1. The molecule has 0 spiro atoms. The van der Waals surface area contributed by atoms with E-state index < -0.39 is 11.0 Å². The molecule has 1 saturated heterocycles. The number of nitro groups is 1. The number of nitrogens with two attached hydrogens (primary N) is 1. The number of aromatic nitrogens is 2. The van der Waals surface area contributed by atoms with Crippen LogP contribution in [-0.2, 0) is 6.42 Å². The van der Waals surface area contributed by atoms with Crippen molar-refractivity contribution in [3.8, 4) is 11.4 Å². The highest BCUT2D eigenvalue weighted by molar-refractivity contribution is 5.72. The third-order valence-corrected chi connectivity index (χ3v) is 4.63. The second-order valence-corrected chi connectivity index (χ2v) is 6.47. The van der Waals surface area contributed by atoms with E-state index in [0.29, 0.717) is 5.82 Å². The average Bonchev–Trinajstić information content (AvgIpc) is 2.67. The number of piperidine rings is 1. The van der Waals surface area contributed by atoms with E-state index in [0.717, 1.165) is 49.4 Å². The summed E-state index contributed by atoms with van der Waals surface area (Å²) in [6.45, 7) is 3.53. The molecular formula is C18H22N6O3. The summed E-state index contributed by atoms with van der Waals surface area (Å²) in [6, 6.07) is 7.80. The molecule has 0 saturated carbocycles.